The van der Waals surface area contributed by atoms with Crippen molar-refractivity contribution in [1.29, 1.82) is 0 Å². The summed E-state index contributed by atoms with van der Waals surface area (Å²) in [4.78, 5) is 12.3. The molecule has 1 aliphatic carbocycles. The highest BCUT2D eigenvalue weighted by Gasteiger charge is 2.29. The van der Waals surface area contributed by atoms with Gasteiger partial charge in [0.15, 0.2) is 0 Å². The van der Waals surface area contributed by atoms with Crippen LogP contribution in [-0.2, 0) is 4.74 Å². The van der Waals surface area contributed by atoms with E-state index in [2.05, 4.69) is 17.4 Å². The van der Waals surface area contributed by atoms with Crippen LogP contribution in [0.1, 0.15) is 34.3 Å². The van der Waals surface area contributed by atoms with Gasteiger partial charge < -0.3 is 20.3 Å². The number of halogens is 1. The molecular formula is C25H24ClNO4. The van der Waals surface area contributed by atoms with Crippen molar-refractivity contribution in [3.63, 3.8) is 0 Å². The van der Waals surface area contributed by atoms with Crippen LogP contribution in [0.25, 0.3) is 11.1 Å². The average molecular weight is 438 g/mol. The number of aliphatic hydroxyl groups is 2. The number of rotatable bonds is 6. The number of fused-ring (bicyclic) bond motifs is 3. The molecule has 0 saturated carbocycles. The molecule has 4 rings (SSSR count). The van der Waals surface area contributed by atoms with E-state index in [0.29, 0.717) is 10.6 Å². The van der Waals surface area contributed by atoms with Crippen LogP contribution < -0.4 is 5.32 Å². The largest absolute Gasteiger partial charge is 0.449 e. The fourth-order valence-electron chi connectivity index (χ4n) is 4.05. The van der Waals surface area contributed by atoms with Crippen LogP contribution in [0.15, 0.2) is 66.7 Å². The third-order valence-corrected chi connectivity index (χ3v) is 6.22. The molecule has 3 N–H and O–H groups in total. The fraction of sp³-hybridized carbons (Fsp3) is 0.240. The zero-order valence-corrected chi connectivity index (χ0v) is 17.8. The molecule has 3 aromatic rings. The number of hydrogen-bond acceptors (Lipinski definition) is 4. The van der Waals surface area contributed by atoms with Gasteiger partial charge in [0.2, 0.25) is 0 Å². The first kappa shape index (κ1) is 21.4. The third kappa shape index (κ3) is 4.30. The number of aryl methyl sites for hydroxylation is 1. The molecule has 0 aromatic heterocycles. The van der Waals surface area contributed by atoms with Gasteiger partial charge in [-0.15, -0.1) is 0 Å². The maximum atomic E-state index is 12.3. The van der Waals surface area contributed by atoms with Gasteiger partial charge >= 0.3 is 6.09 Å². The van der Waals surface area contributed by atoms with Crippen molar-refractivity contribution >= 4 is 17.7 Å². The van der Waals surface area contributed by atoms with Gasteiger partial charge in [0.05, 0.1) is 0 Å². The van der Waals surface area contributed by atoms with Crippen molar-refractivity contribution in [3.05, 3.63) is 94.0 Å². The first-order chi connectivity index (χ1) is 15.0. The molecule has 0 fully saturated rings. The van der Waals surface area contributed by atoms with Crippen molar-refractivity contribution in [2.24, 2.45) is 0 Å². The SMILES string of the molecule is Cc1cccc(C(O)C(O)CNC(=O)OCC2c3ccccc3-c3ccccc32)c1Cl. The summed E-state index contributed by atoms with van der Waals surface area (Å²) in [5, 5.41) is 23.6. The standard InChI is InChI=1S/C25H24ClNO4/c1-15-7-6-12-20(23(15)26)24(29)22(28)13-27-25(30)31-14-21-18-10-4-2-8-16(18)17-9-3-5-11-19(17)21/h2-12,21-22,24,28-29H,13-14H2,1H3,(H,27,30). The van der Waals surface area contributed by atoms with Crippen LogP contribution in [-0.4, -0.2) is 35.6 Å². The van der Waals surface area contributed by atoms with Gasteiger partial charge in [-0.1, -0.05) is 78.3 Å². The van der Waals surface area contributed by atoms with Gasteiger partial charge in [0.25, 0.3) is 0 Å². The summed E-state index contributed by atoms with van der Waals surface area (Å²) in [6.07, 6.45) is -3.09. The number of amides is 1. The molecule has 0 aliphatic heterocycles. The zero-order valence-electron chi connectivity index (χ0n) is 17.1. The van der Waals surface area contributed by atoms with Crippen LogP contribution >= 0.6 is 11.6 Å². The summed E-state index contributed by atoms with van der Waals surface area (Å²) >= 11 is 6.22. The maximum Gasteiger partial charge on any atom is 0.407 e. The summed E-state index contributed by atoms with van der Waals surface area (Å²) in [5.41, 5.74) is 5.78. The second-order valence-electron chi connectivity index (χ2n) is 7.70. The van der Waals surface area contributed by atoms with Gasteiger partial charge in [-0.25, -0.2) is 4.79 Å². The number of nitrogens with one attached hydrogen (secondary N) is 1. The van der Waals surface area contributed by atoms with E-state index >= 15 is 0 Å². The van der Waals surface area contributed by atoms with E-state index in [-0.39, 0.29) is 19.1 Å². The van der Waals surface area contributed by atoms with E-state index < -0.39 is 18.3 Å². The lowest BCUT2D eigenvalue weighted by Gasteiger charge is -2.20. The normalized spacial score (nSPS) is 14.5. The Balaban J connectivity index is 1.35. The third-order valence-electron chi connectivity index (χ3n) is 5.70. The molecule has 6 heteroatoms. The minimum absolute atomic E-state index is 0.0419. The Kier molecular flexibility index (Phi) is 6.28. The number of ether oxygens (including phenoxy) is 1. The van der Waals surface area contributed by atoms with E-state index in [4.69, 9.17) is 16.3 Å². The number of hydrogen-bond donors (Lipinski definition) is 3. The molecule has 1 aliphatic rings. The number of aliphatic hydroxyl groups excluding tert-OH is 2. The molecule has 160 valence electrons. The lowest BCUT2D eigenvalue weighted by Crippen LogP contribution is -2.36. The summed E-state index contributed by atoms with van der Waals surface area (Å²) < 4.78 is 5.45. The highest BCUT2D eigenvalue weighted by molar-refractivity contribution is 6.32. The fourth-order valence-corrected chi connectivity index (χ4v) is 4.29. The van der Waals surface area contributed by atoms with Crippen molar-refractivity contribution in [2.45, 2.75) is 25.0 Å². The summed E-state index contributed by atoms with van der Waals surface area (Å²) in [5.74, 6) is -0.0419. The topological polar surface area (TPSA) is 78.8 Å². The van der Waals surface area contributed by atoms with Crippen LogP contribution in [0.4, 0.5) is 4.79 Å². The molecule has 0 radical (unpaired) electrons. The Hall–Kier alpha value is -2.86. The van der Waals surface area contributed by atoms with Crippen LogP contribution in [0.3, 0.4) is 0 Å². The van der Waals surface area contributed by atoms with Gasteiger partial charge in [-0.2, -0.15) is 0 Å². The van der Waals surface area contributed by atoms with E-state index in [1.165, 1.54) is 0 Å². The van der Waals surface area contributed by atoms with Gasteiger partial charge in [0, 0.05) is 23.0 Å². The Morgan fingerprint density at radius 2 is 1.61 bits per heavy atom. The van der Waals surface area contributed by atoms with Crippen molar-refractivity contribution in [1.82, 2.24) is 5.32 Å². The van der Waals surface area contributed by atoms with Crippen LogP contribution in [0, 0.1) is 6.92 Å². The number of carbonyl (C=O) groups excluding carboxylic acids is 1. The second-order valence-corrected chi connectivity index (χ2v) is 8.07. The molecule has 31 heavy (non-hydrogen) atoms. The Bertz CT molecular complexity index is 1050. The monoisotopic (exact) mass is 437 g/mol. The lowest BCUT2D eigenvalue weighted by molar-refractivity contribution is 0.0186. The molecule has 5 nitrogen and oxygen atoms in total. The highest BCUT2D eigenvalue weighted by atomic mass is 35.5. The van der Waals surface area contributed by atoms with E-state index in [9.17, 15) is 15.0 Å². The second kappa shape index (κ2) is 9.10. The summed E-state index contributed by atoms with van der Waals surface area (Å²) in [6.45, 7) is 1.84. The number of benzene rings is 3. The maximum absolute atomic E-state index is 12.3. The van der Waals surface area contributed by atoms with E-state index in [0.717, 1.165) is 27.8 Å². The van der Waals surface area contributed by atoms with E-state index in [1.54, 1.807) is 12.1 Å². The molecule has 2 atom stereocenters. The lowest BCUT2D eigenvalue weighted by atomic mass is 9.98. The summed E-state index contributed by atoms with van der Waals surface area (Å²) in [7, 11) is 0. The van der Waals surface area contributed by atoms with Crippen molar-refractivity contribution in [2.75, 3.05) is 13.2 Å². The molecule has 0 heterocycles. The Morgan fingerprint density at radius 1 is 1.00 bits per heavy atom. The predicted molar refractivity (Wildman–Crippen MR) is 120 cm³/mol. The molecule has 3 aromatic carbocycles. The van der Waals surface area contributed by atoms with Gasteiger partial charge in [0.1, 0.15) is 18.8 Å². The molecule has 1 amide bonds. The Labute approximate surface area is 186 Å². The van der Waals surface area contributed by atoms with Gasteiger partial charge in [-0.05, 0) is 34.7 Å². The average Bonchev–Trinajstić information content (AvgIpc) is 3.11. The smallest absolute Gasteiger partial charge is 0.407 e. The minimum atomic E-state index is -1.22. The molecule has 0 spiro atoms. The van der Waals surface area contributed by atoms with Gasteiger partial charge in [-0.3, -0.25) is 0 Å². The first-order valence-corrected chi connectivity index (χ1v) is 10.5. The Morgan fingerprint density at radius 3 is 2.26 bits per heavy atom. The van der Waals surface area contributed by atoms with Crippen molar-refractivity contribution in [3.8, 4) is 11.1 Å². The number of carbonyl (C=O) groups is 1. The molecule has 0 saturated heterocycles. The predicted octanol–water partition coefficient (Wildman–Crippen LogP) is 4.58. The van der Waals surface area contributed by atoms with Crippen molar-refractivity contribution < 1.29 is 19.7 Å². The molecular weight excluding hydrogens is 414 g/mol. The number of alkyl carbamates (subject to hydrolysis) is 1. The zero-order chi connectivity index (χ0) is 22.0. The summed E-state index contributed by atoms with van der Waals surface area (Å²) in [6, 6.07) is 21.4. The van der Waals surface area contributed by atoms with Crippen LogP contribution in [0.2, 0.25) is 5.02 Å². The van der Waals surface area contributed by atoms with Crippen LogP contribution in [0.5, 0.6) is 0 Å². The quantitative estimate of drug-likeness (QED) is 0.527. The highest BCUT2D eigenvalue weighted by Crippen LogP contribution is 2.44. The molecule has 2 unspecified atom stereocenters. The first-order valence-electron chi connectivity index (χ1n) is 10.2. The molecule has 0 bridgehead atoms. The van der Waals surface area contributed by atoms with E-state index in [1.807, 2.05) is 49.4 Å². The minimum Gasteiger partial charge on any atom is -0.449 e.